The third-order valence-electron chi connectivity index (χ3n) is 3.72. The molecule has 126 valence electrons. The highest BCUT2D eigenvalue weighted by Crippen LogP contribution is 2.41. The van der Waals surface area contributed by atoms with Crippen molar-refractivity contribution in [2.24, 2.45) is 5.41 Å². The van der Waals surface area contributed by atoms with Crippen LogP contribution in [-0.4, -0.2) is 35.7 Å². The number of rotatable bonds is 6. The van der Waals surface area contributed by atoms with Gasteiger partial charge in [0.1, 0.15) is 5.60 Å². The second kappa shape index (κ2) is 6.10. The number of para-hydroxylation sites is 1. The van der Waals surface area contributed by atoms with Crippen LogP contribution in [0.15, 0.2) is 18.2 Å². The summed E-state index contributed by atoms with van der Waals surface area (Å²) in [5, 5.41) is 11.6. The van der Waals surface area contributed by atoms with E-state index >= 15 is 0 Å². The van der Waals surface area contributed by atoms with Gasteiger partial charge >= 0.3 is 5.97 Å². The van der Waals surface area contributed by atoms with Crippen LogP contribution >= 0.6 is 0 Å². The van der Waals surface area contributed by atoms with Gasteiger partial charge in [0.2, 0.25) is 0 Å². The Morgan fingerprint density at radius 3 is 2.74 bits per heavy atom. The van der Waals surface area contributed by atoms with Gasteiger partial charge < -0.3 is 19.9 Å². The van der Waals surface area contributed by atoms with E-state index in [2.05, 4.69) is 5.32 Å². The molecule has 0 spiro atoms. The number of amides is 1. The maximum atomic E-state index is 11.8. The third kappa shape index (κ3) is 4.15. The Morgan fingerprint density at radius 1 is 1.39 bits per heavy atom. The maximum Gasteiger partial charge on any atom is 0.310 e. The molecule has 0 radical (unpaired) electrons. The fourth-order valence-electron chi connectivity index (χ4n) is 2.29. The summed E-state index contributed by atoms with van der Waals surface area (Å²) in [5.41, 5.74) is -0.244. The maximum absolute atomic E-state index is 11.8. The van der Waals surface area contributed by atoms with Gasteiger partial charge in [0.05, 0.1) is 5.41 Å². The standard InChI is InChI=1S/C17H23NO5/c1-16(2,15(20)21)10-18-13(19)9-22-12-7-5-6-11-8-17(3,4)23-14(11)12/h5-7H,8-10H2,1-4H3,(H,18,19)(H,20,21). The van der Waals surface area contributed by atoms with Crippen LogP contribution in [0.4, 0.5) is 0 Å². The van der Waals surface area contributed by atoms with Gasteiger partial charge in [-0.15, -0.1) is 0 Å². The quantitative estimate of drug-likeness (QED) is 0.837. The molecule has 0 unspecified atom stereocenters. The van der Waals surface area contributed by atoms with E-state index in [1.807, 2.05) is 26.0 Å². The van der Waals surface area contributed by atoms with Crippen molar-refractivity contribution in [3.63, 3.8) is 0 Å². The molecule has 0 bridgehead atoms. The number of carboxylic acid groups (broad SMARTS) is 1. The Morgan fingerprint density at radius 2 is 2.09 bits per heavy atom. The summed E-state index contributed by atoms with van der Waals surface area (Å²) in [6.45, 7) is 6.96. The van der Waals surface area contributed by atoms with Crippen LogP contribution in [0.1, 0.15) is 33.3 Å². The molecule has 0 saturated heterocycles. The number of benzene rings is 1. The lowest BCUT2D eigenvalue weighted by Crippen LogP contribution is -2.40. The van der Waals surface area contributed by atoms with Gasteiger partial charge in [0, 0.05) is 18.5 Å². The molecule has 2 N–H and O–H groups in total. The number of hydrogen-bond acceptors (Lipinski definition) is 4. The normalized spacial score (nSPS) is 15.5. The number of carbonyl (C=O) groups excluding carboxylic acids is 1. The minimum atomic E-state index is -1.02. The molecule has 0 aliphatic carbocycles. The summed E-state index contributed by atoms with van der Waals surface area (Å²) in [6.07, 6.45) is 0.790. The average molecular weight is 321 g/mol. The second-order valence-corrected chi connectivity index (χ2v) is 7.04. The lowest BCUT2D eigenvalue weighted by Gasteiger charge is -2.20. The minimum Gasteiger partial charge on any atom is -0.483 e. The highest BCUT2D eigenvalue weighted by atomic mass is 16.5. The first-order chi connectivity index (χ1) is 10.6. The van der Waals surface area contributed by atoms with Gasteiger partial charge in [-0.2, -0.15) is 0 Å². The first-order valence-electron chi connectivity index (χ1n) is 7.54. The Kier molecular flexibility index (Phi) is 4.54. The molecule has 1 aromatic carbocycles. The van der Waals surface area contributed by atoms with Crippen LogP contribution in [0.5, 0.6) is 11.5 Å². The number of aliphatic carboxylic acids is 1. The largest absolute Gasteiger partial charge is 0.483 e. The van der Waals surface area contributed by atoms with Gasteiger partial charge in [-0.3, -0.25) is 9.59 Å². The van der Waals surface area contributed by atoms with Crippen molar-refractivity contribution in [1.29, 1.82) is 0 Å². The zero-order valence-corrected chi connectivity index (χ0v) is 13.9. The molecule has 0 fully saturated rings. The highest BCUT2D eigenvalue weighted by molar-refractivity contribution is 5.79. The van der Waals surface area contributed by atoms with Crippen molar-refractivity contribution >= 4 is 11.9 Å². The molecule has 6 nitrogen and oxygen atoms in total. The molecule has 1 aliphatic rings. The molecule has 1 aliphatic heterocycles. The van der Waals surface area contributed by atoms with Gasteiger partial charge in [0.15, 0.2) is 18.1 Å². The summed E-state index contributed by atoms with van der Waals surface area (Å²) in [5.74, 6) is -0.124. The van der Waals surface area contributed by atoms with E-state index in [1.54, 1.807) is 19.9 Å². The number of nitrogens with one attached hydrogen (secondary N) is 1. The predicted octanol–water partition coefficient (Wildman–Crippen LogP) is 2.01. The molecule has 1 heterocycles. The minimum absolute atomic E-state index is 0.0426. The molecule has 23 heavy (non-hydrogen) atoms. The fraction of sp³-hybridized carbons (Fsp3) is 0.529. The number of carboxylic acids is 1. The molecule has 1 amide bonds. The van der Waals surface area contributed by atoms with E-state index in [9.17, 15) is 9.59 Å². The summed E-state index contributed by atoms with van der Waals surface area (Å²) < 4.78 is 11.4. The molecular weight excluding hydrogens is 298 g/mol. The SMILES string of the molecule is CC1(C)Cc2cccc(OCC(=O)NCC(C)(C)C(=O)O)c2O1. The molecular formula is C17H23NO5. The zero-order chi connectivity index (χ0) is 17.3. The van der Waals surface area contributed by atoms with Crippen molar-refractivity contribution in [3.05, 3.63) is 23.8 Å². The van der Waals surface area contributed by atoms with Gasteiger partial charge in [0.25, 0.3) is 5.91 Å². The van der Waals surface area contributed by atoms with Gasteiger partial charge in [-0.1, -0.05) is 12.1 Å². The summed E-state index contributed by atoms with van der Waals surface area (Å²) >= 11 is 0. The first kappa shape index (κ1) is 17.1. The van der Waals surface area contributed by atoms with Crippen LogP contribution < -0.4 is 14.8 Å². The summed E-state index contributed by atoms with van der Waals surface area (Å²) in [6, 6.07) is 5.60. The summed E-state index contributed by atoms with van der Waals surface area (Å²) in [7, 11) is 0. The molecule has 2 rings (SSSR count). The van der Waals surface area contributed by atoms with Crippen LogP contribution in [0.3, 0.4) is 0 Å². The summed E-state index contributed by atoms with van der Waals surface area (Å²) in [4.78, 5) is 22.8. The Balaban J connectivity index is 1.92. The number of carbonyl (C=O) groups is 2. The fourth-order valence-corrected chi connectivity index (χ4v) is 2.29. The van der Waals surface area contributed by atoms with E-state index in [4.69, 9.17) is 14.6 Å². The molecule has 0 aromatic heterocycles. The van der Waals surface area contributed by atoms with Crippen LogP contribution in [-0.2, 0) is 16.0 Å². The predicted molar refractivity (Wildman–Crippen MR) is 84.8 cm³/mol. The van der Waals surface area contributed by atoms with Crippen molar-refractivity contribution < 1.29 is 24.2 Å². The zero-order valence-electron chi connectivity index (χ0n) is 13.9. The van der Waals surface area contributed by atoms with Crippen molar-refractivity contribution in [1.82, 2.24) is 5.32 Å². The number of ether oxygens (including phenoxy) is 2. The third-order valence-corrected chi connectivity index (χ3v) is 3.72. The molecule has 0 atom stereocenters. The second-order valence-electron chi connectivity index (χ2n) is 7.04. The van der Waals surface area contributed by atoms with E-state index < -0.39 is 11.4 Å². The molecule has 1 aromatic rings. The van der Waals surface area contributed by atoms with E-state index in [0.29, 0.717) is 11.5 Å². The van der Waals surface area contributed by atoms with Crippen molar-refractivity contribution in [3.8, 4) is 11.5 Å². The Labute approximate surface area is 135 Å². The average Bonchev–Trinajstić information content (AvgIpc) is 2.77. The monoisotopic (exact) mass is 321 g/mol. The topological polar surface area (TPSA) is 84.9 Å². The van der Waals surface area contributed by atoms with Crippen LogP contribution in [0, 0.1) is 5.41 Å². The Hall–Kier alpha value is -2.24. The number of fused-ring (bicyclic) bond motifs is 1. The molecule has 6 heteroatoms. The lowest BCUT2D eigenvalue weighted by atomic mass is 9.94. The van der Waals surface area contributed by atoms with Gasteiger partial charge in [-0.05, 0) is 33.8 Å². The van der Waals surface area contributed by atoms with Gasteiger partial charge in [-0.25, -0.2) is 0 Å². The molecule has 0 saturated carbocycles. The van der Waals surface area contributed by atoms with Crippen molar-refractivity contribution in [2.45, 2.75) is 39.7 Å². The highest BCUT2D eigenvalue weighted by Gasteiger charge is 2.32. The Bertz CT molecular complexity index is 621. The van der Waals surface area contributed by atoms with Crippen molar-refractivity contribution in [2.75, 3.05) is 13.2 Å². The van der Waals surface area contributed by atoms with E-state index in [0.717, 1.165) is 12.0 Å². The van der Waals surface area contributed by atoms with Crippen LogP contribution in [0.25, 0.3) is 0 Å². The number of hydrogen-bond donors (Lipinski definition) is 2. The lowest BCUT2D eigenvalue weighted by molar-refractivity contribution is -0.146. The smallest absolute Gasteiger partial charge is 0.310 e. The van der Waals surface area contributed by atoms with Crippen LogP contribution in [0.2, 0.25) is 0 Å². The first-order valence-corrected chi connectivity index (χ1v) is 7.54. The van der Waals surface area contributed by atoms with E-state index in [1.165, 1.54) is 0 Å². The van der Waals surface area contributed by atoms with E-state index in [-0.39, 0.29) is 24.7 Å².